The second-order valence-electron chi connectivity index (χ2n) is 6.27. The molecule has 0 radical (unpaired) electrons. The number of piperidine rings is 1. The highest BCUT2D eigenvalue weighted by atomic mass is 16.2. The monoisotopic (exact) mass is 320 g/mol. The van der Waals surface area contributed by atoms with Crippen LogP contribution in [0.5, 0.6) is 0 Å². The molecule has 0 N–H and O–H groups in total. The Bertz CT molecular complexity index is 789. The zero-order valence-electron chi connectivity index (χ0n) is 14.0. The van der Waals surface area contributed by atoms with Gasteiger partial charge in [0.05, 0.1) is 12.0 Å². The van der Waals surface area contributed by atoms with Crippen molar-refractivity contribution in [3.05, 3.63) is 47.3 Å². The summed E-state index contributed by atoms with van der Waals surface area (Å²) in [5.74, 6) is 0.547. The number of hydrogen-bond acceptors (Lipinski definition) is 4. The molecule has 1 aliphatic heterocycles. The van der Waals surface area contributed by atoms with Gasteiger partial charge in [0.1, 0.15) is 0 Å². The summed E-state index contributed by atoms with van der Waals surface area (Å²) in [5, 5.41) is 9.10. The predicted octanol–water partition coefficient (Wildman–Crippen LogP) is 3.14. The molecule has 1 aliphatic rings. The van der Waals surface area contributed by atoms with Gasteiger partial charge in [-0.05, 0) is 44.9 Å². The van der Waals surface area contributed by atoms with Crippen molar-refractivity contribution in [1.29, 1.82) is 5.26 Å². The summed E-state index contributed by atoms with van der Waals surface area (Å²) in [4.78, 5) is 23.5. The third kappa shape index (κ3) is 3.43. The first kappa shape index (κ1) is 16.1. The molecule has 0 saturated carbocycles. The summed E-state index contributed by atoms with van der Waals surface area (Å²) < 4.78 is 0. The lowest BCUT2D eigenvalue weighted by Crippen LogP contribution is -2.39. The van der Waals surface area contributed by atoms with Crippen molar-refractivity contribution >= 4 is 5.91 Å². The molecule has 2 heterocycles. The standard InChI is InChI=1S/C19H20N4O/c1-13-9-14(2)22-18(21-13)16-6-3-7-17(10-16)19(24)23-8-4-5-15(11-20)12-23/h3,6-7,9-10,15H,4-5,8,12H2,1-2H3/t15-/m0/s1. The minimum atomic E-state index is -0.0614. The van der Waals surface area contributed by atoms with E-state index < -0.39 is 0 Å². The maximum atomic E-state index is 12.8. The molecule has 5 nitrogen and oxygen atoms in total. The molecular weight excluding hydrogens is 300 g/mol. The van der Waals surface area contributed by atoms with Gasteiger partial charge in [-0.25, -0.2) is 9.97 Å². The average molecular weight is 320 g/mol. The molecule has 1 aromatic heterocycles. The van der Waals surface area contributed by atoms with Crippen LogP contribution in [0, 0.1) is 31.1 Å². The van der Waals surface area contributed by atoms with Gasteiger partial charge in [0.15, 0.2) is 5.82 Å². The maximum absolute atomic E-state index is 12.8. The number of benzene rings is 1. The molecule has 2 aromatic rings. The molecule has 1 atom stereocenters. The SMILES string of the molecule is Cc1cc(C)nc(-c2cccc(C(=O)N3CCC[C@@H](C#N)C3)c2)n1. The van der Waals surface area contributed by atoms with Crippen LogP contribution in [0.1, 0.15) is 34.6 Å². The lowest BCUT2D eigenvalue weighted by atomic mass is 9.98. The van der Waals surface area contributed by atoms with Crippen LogP contribution in [-0.4, -0.2) is 33.9 Å². The molecule has 1 fully saturated rings. The maximum Gasteiger partial charge on any atom is 0.253 e. The van der Waals surface area contributed by atoms with Gasteiger partial charge in [-0.3, -0.25) is 4.79 Å². The number of likely N-dealkylation sites (tertiary alicyclic amines) is 1. The largest absolute Gasteiger partial charge is 0.337 e. The molecular formula is C19H20N4O. The molecule has 1 aromatic carbocycles. The van der Waals surface area contributed by atoms with Crippen molar-refractivity contribution in [2.75, 3.05) is 13.1 Å². The van der Waals surface area contributed by atoms with Crippen LogP contribution in [0.3, 0.4) is 0 Å². The normalized spacial score (nSPS) is 17.4. The lowest BCUT2D eigenvalue weighted by Gasteiger charge is -2.29. The van der Waals surface area contributed by atoms with Gasteiger partial charge in [-0.15, -0.1) is 0 Å². The van der Waals surface area contributed by atoms with Crippen LogP contribution in [-0.2, 0) is 0 Å². The second kappa shape index (κ2) is 6.79. The minimum absolute atomic E-state index is 0.0267. The summed E-state index contributed by atoms with van der Waals surface area (Å²) in [5.41, 5.74) is 3.26. The number of amides is 1. The van der Waals surface area contributed by atoms with Gasteiger partial charge in [-0.1, -0.05) is 12.1 Å². The van der Waals surface area contributed by atoms with Gasteiger partial charge >= 0.3 is 0 Å². The number of nitriles is 1. The van der Waals surface area contributed by atoms with Gasteiger partial charge in [0, 0.05) is 35.6 Å². The van der Waals surface area contributed by atoms with Crippen LogP contribution in [0.25, 0.3) is 11.4 Å². The van der Waals surface area contributed by atoms with Crippen molar-refractivity contribution in [3.63, 3.8) is 0 Å². The average Bonchev–Trinajstić information content (AvgIpc) is 2.60. The van der Waals surface area contributed by atoms with Crippen LogP contribution in [0.2, 0.25) is 0 Å². The fourth-order valence-electron chi connectivity index (χ4n) is 3.10. The highest BCUT2D eigenvalue weighted by Crippen LogP contribution is 2.21. The van der Waals surface area contributed by atoms with Crippen molar-refractivity contribution in [1.82, 2.24) is 14.9 Å². The van der Waals surface area contributed by atoms with E-state index in [2.05, 4.69) is 16.0 Å². The number of hydrogen-bond donors (Lipinski definition) is 0. The van der Waals surface area contributed by atoms with Crippen LogP contribution in [0.15, 0.2) is 30.3 Å². The van der Waals surface area contributed by atoms with Crippen LogP contribution < -0.4 is 0 Å². The van der Waals surface area contributed by atoms with Gasteiger partial charge in [-0.2, -0.15) is 5.26 Å². The minimum Gasteiger partial charge on any atom is -0.337 e. The molecule has 3 rings (SSSR count). The molecule has 24 heavy (non-hydrogen) atoms. The number of aromatic nitrogens is 2. The Morgan fingerprint density at radius 2 is 2.00 bits per heavy atom. The van der Waals surface area contributed by atoms with Crippen molar-refractivity contribution < 1.29 is 4.79 Å². The Hall–Kier alpha value is -2.74. The van der Waals surface area contributed by atoms with Crippen LogP contribution >= 0.6 is 0 Å². The Balaban J connectivity index is 1.87. The predicted molar refractivity (Wildman–Crippen MR) is 91.2 cm³/mol. The quantitative estimate of drug-likeness (QED) is 0.852. The number of carbonyl (C=O) groups excluding carboxylic acids is 1. The number of rotatable bonds is 2. The molecule has 5 heteroatoms. The van der Waals surface area contributed by atoms with E-state index in [9.17, 15) is 4.79 Å². The third-order valence-electron chi connectivity index (χ3n) is 4.24. The van der Waals surface area contributed by atoms with E-state index in [4.69, 9.17) is 5.26 Å². The zero-order valence-corrected chi connectivity index (χ0v) is 14.0. The van der Waals surface area contributed by atoms with E-state index in [1.165, 1.54) is 0 Å². The lowest BCUT2D eigenvalue weighted by molar-refractivity contribution is 0.0699. The van der Waals surface area contributed by atoms with Crippen molar-refractivity contribution in [3.8, 4) is 17.5 Å². The highest BCUT2D eigenvalue weighted by Gasteiger charge is 2.24. The fourth-order valence-corrected chi connectivity index (χ4v) is 3.10. The molecule has 0 spiro atoms. The zero-order chi connectivity index (χ0) is 17.1. The summed E-state index contributed by atoms with van der Waals surface area (Å²) in [6.07, 6.45) is 1.75. The first-order valence-corrected chi connectivity index (χ1v) is 8.18. The fraction of sp³-hybridized carbons (Fsp3) is 0.368. The molecule has 0 bridgehead atoms. The Morgan fingerprint density at radius 3 is 2.71 bits per heavy atom. The topological polar surface area (TPSA) is 69.9 Å². The third-order valence-corrected chi connectivity index (χ3v) is 4.24. The van der Waals surface area contributed by atoms with E-state index in [1.54, 1.807) is 4.90 Å². The van der Waals surface area contributed by atoms with E-state index in [1.807, 2.05) is 44.2 Å². The number of carbonyl (C=O) groups is 1. The van der Waals surface area contributed by atoms with E-state index in [-0.39, 0.29) is 11.8 Å². The highest BCUT2D eigenvalue weighted by molar-refractivity contribution is 5.95. The first-order valence-electron chi connectivity index (χ1n) is 8.18. The summed E-state index contributed by atoms with van der Waals surface area (Å²) in [7, 11) is 0. The van der Waals surface area contributed by atoms with Gasteiger partial charge in [0.25, 0.3) is 5.91 Å². The van der Waals surface area contributed by atoms with E-state index in [0.29, 0.717) is 24.5 Å². The van der Waals surface area contributed by atoms with Crippen molar-refractivity contribution in [2.45, 2.75) is 26.7 Å². The summed E-state index contributed by atoms with van der Waals surface area (Å²) in [6.45, 7) is 5.09. The second-order valence-corrected chi connectivity index (χ2v) is 6.27. The number of aryl methyl sites for hydroxylation is 2. The Labute approximate surface area is 142 Å². The Kier molecular flexibility index (Phi) is 4.57. The molecule has 1 amide bonds. The molecule has 0 aliphatic carbocycles. The molecule has 122 valence electrons. The van der Waals surface area contributed by atoms with Gasteiger partial charge in [0.2, 0.25) is 0 Å². The van der Waals surface area contributed by atoms with E-state index in [0.717, 1.165) is 29.8 Å². The Morgan fingerprint density at radius 1 is 1.25 bits per heavy atom. The van der Waals surface area contributed by atoms with E-state index >= 15 is 0 Å². The van der Waals surface area contributed by atoms with Crippen molar-refractivity contribution in [2.24, 2.45) is 5.92 Å². The first-order chi connectivity index (χ1) is 11.6. The molecule has 0 unspecified atom stereocenters. The van der Waals surface area contributed by atoms with Gasteiger partial charge < -0.3 is 4.90 Å². The number of nitrogens with zero attached hydrogens (tertiary/aromatic N) is 4. The molecule has 1 saturated heterocycles. The summed E-state index contributed by atoms with van der Waals surface area (Å²) in [6, 6.07) is 11.6. The summed E-state index contributed by atoms with van der Waals surface area (Å²) >= 11 is 0. The van der Waals surface area contributed by atoms with Crippen LogP contribution in [0.4, 0.5) is 0 Å². The smallest absolute Gasteiger partial charge is 0.253 e.